The first kappa shape index (κ1) is 18.9. The predicted molar refractivity (Wildman–Crippen MR) is 103 cm³/mol. The van der Waals surface area contributed by atoms with Crippen LogP contribution in [0.3, 0.4) is 0 Å². The number of halogens is 1. The lowest BCUT2D eigenvalue weighted by atomic mass is 10.1. The average molecular weight is 387 g/mol. The van der Waals surface area contributed by atoms with E-state index in [0.29, 0.717) is 16.4 Å². The van der Waals surface area contributed by atoms with Crippen molar-refractivity contribution in [2.45, 2.75) is 13.3 Å². The van der Waals surface area contributed by atoms with Gasteiger partial charge in [-0.1, -0.05) is 29.3 Å². The van der Waals surface area contributed by atoms with E-state index in [1.54, 1.807) is 36.4 Å². The van der Waals surface area contributed by atoms with Crippen molar-refractivity contribution >= 4 is 40.8 Å². The van der Waals surface area contributed by atoms with Crippen LogP contribution in [0.25, 0.3) is 0 Å². The first-order valence-electron chi connectivity index (χ1n) is 8.51. The van der Waals surface area contributed by atoms with Gasteiger partial charge in [0.2, 0.25) is 5.91 Å². The van der Waals surface area contributed by atoms with Gasteiger partial charge in [0.25, 0.3) is 5.91 Å². The number of rotatable bonds is 5. The third-order valence-corrected chi connectivity index (χ3v) is 4.53. The smallest absolute Gasteiger partial charge is 0.311 e. The fourth-order valence-corrected chi connectivity index (χ4v) is 2.95. The molecule has 7 heteroatoms. The van der Waals surface area contributed by atoms with Crippen LogP contribution < -0.4 is 10.2 Å². The molecule has 1 aliphatic heterocycles. The molecule has 1 heterocycles. The van der Waals surface area contributed by atoms with E-state index in [9.17, 15) is 14.4 Å². The largest absolute Gasteiger partial charge is 0.455 e. The molecule has 0 aliphatic carbocycles. The highest BCUT2D eigenvalue weighted by Crippen LogP contribution is 2.27. The fourth-order valence-electron chi connectivity index (χ4n) is 2.82. The molecule has 140 valence electrons. The van der Waals surface area contributed by atoms with Crippen molar-refractivity contribution in [3.05, 3.63) is 59.1 Å². The molecule has 1 N–H and O–H groups in total. The topological polar surface area (TPSA) is 75.7 Å². The number of nitrogens with one attached hydrogen (secondary N) is 1. The van der Waals surface area contributed by atoms with E-state index in [1.165, 1.54) is 4.90 Å². The summed E-state index contributed by atoms with van der Waals surface area (Å²) >= 11 is 5.86. The van der Waals surface area contributed by atoms with Crippen LogP contribution in [0.4, 0.5) is 11.4 Å². The second kappa shape index (κ2) is 8.22. The second-order valence-electron chi connectivity index (χ2n) is 6.40. The van der Waals surface area contributed by atoms with Crippen LogP contribution in [0, 0.1) is 12.8 Å². The van der Waals surface area contributed by atoms with Gasteiger partial charge in [0.1, 0.15) is 0 Å². The zero-order chi connectivity index (χ0) is 19.4. The molecule has 1 aliphatic rings. The zero-order valence-electron chi connectivity index (χ0n) is 14.8. The Morgan fingerprint density at radius 2 is 1.81 bits per heavy atom. The highest BCUT2D eigenvalue weighted by molar-refractivity contribution is 6.30. The number of amides is 2. The number of hydrogen-bond donors (Lipinski definition) is 1. The van der Waals surface area contributed by atoms with Gasteiger partial charge in [-0.05, 0) is 43.3 Å². The van der Waals surface area contributed by atoms with Gasteiger partial charge in [-0.25, -0.2) is 0 Å². The molecule has 2 aromatic carbocycles. The molecule has 0 unspecified atom stereocenters. The highest BCUT2D eigenvalue weighted by atomic mass is 35.5. The summed E-state index contributed by atoms with van der Waals surface area (Å²) in [6.45, 7) is 1.78. The number of nitrogens with zero attached hydrogens (tertiary/aromatic N) is 1. The summed E-state index contributed by atoms with van der Waals surface area (Å²) in [4.78, 5) is 37.9. The summed E-state index contributed by atoms with van der Waals surface area (Å²) in [5, 5.41) is 3.23. The van der Waals surface area contributed by atoms with Crippen molar-refractivity contribution in [2.75, 3.05) is 23.4 Å². The van der Waals surface area contributed by atoms with Crippen LogP contribution in [0.15, 0.2) is 48.5 Å². The molecule has 1 saturated heterocycles. The molecule has 27 heavy (non-hydrogen) atoms. The fraction of sp³-hybridized carbons (Fsp3) is 0.250. The number of esters is 1. The van der Waals surface area contributed by atoms with E-state index in [0.717, 1.165) is 5.56 Å². The van der Waals surface area contributed by atoms with Gasteiger partial charge in [0, 0.05) is 29.4 Å². The maximum Gasteiger partial charge on any atom is 0.311 e. The van der Waals surface area contributed by atoms with E-state index in [-0.39, 0.29) is 18.9 Å². The first-order valence-corrected chi connectivity index (χ1v) is 8.89. The Hall–Kier alpha value is -2.86. The number of ether oxygens (including phenoxy) is 1. The second-order valence-corrected chi connectivity index (χ2v) is 6.84. The highest BCUT2D eigenvalue weighted by Gasteiger charge is 2.36. The third kappa shape index (κ3) is 4.86. The molecular weight excluding hydrogens is 368 g/mol. The number of carbonyl (C=O) groups is 3. The van der Waals surface area contributed by atoms with Gasteiger partial charge < -0.3 is 15.0 Å². The minimum Gasteiger partial charge on any atom is -0.455 e. The van der Waals surface area contributed by atoms with Crippen molar-refractivity contribution in [3.63, 3.8) is 0 Å². The number of anilines is 2. The molecule has 1 atom stereocenters. The molecule has 0 bridgehead atoms. The molecule has 0 saturated carbocycles. The van der Waals surface area contributed by atoms with Gasteiger partial charge in [0.05, 0.1) is 5.92 Å². The summed E-state index contributed by atoms with van der Waals surface area (Å²) < 4.78 is 5.08. The van der Waals surface area contributed by atoms with Crippen LogP contribution in [0.5, 0.6) is 0 Å². The van der Waals surface area contributed by atoms with Gasteiger partial charge in [-0.2, -0.15) is 0 Å². The van der Waals surface area contributed by atoms with Gasteiger partial charge in [0.15, 0.2) is 6.61 Å². The molecule has 2 aromatic rings. The van der Waals surface area contributed by atoms with Crippen molar-refractivity contribution in [3.8, 4) is 0 Å². The quantitative estimate of drug-likeness (QED) is 0.801. The Bertz CT molecular complexity index is 849. The third-order valence-electron chi connectivity index (χ3n) is 4.28. The summed E-state index contributed by atoms with van der Waals surface area (Å²) in [5.74, 6) is -1.74. The molecule has 2 amide bonds. The van der Waals surface area contributed by atoms with Crippen LogP contribution in [-0.4, -0.2) is 30.9 Å². The van der Waals surface area contributed by atoms with Gasteiger partial charge in [-0.15, -0.1) is 0 Å². The average Bonchev–Trinajstić information content (AvgIpc) is 3.04. The number of hydrogen-bond acceptors (Lipinski definition) is 4. The Labute approximate surface area is 162 Å². The number of benzene rings is 2. The molecule has 0 spiro atoms. The van der Waals surface area contributed by atoms with E-state index in [2.05, 4.69) is 5.32 Å². The van der Waals surface area contributed by atoms with E-state index in [4.69, 9.17) is 16.3 Å². The molecule has 3 rings (SSSR count). The minimum atomic E-state index is -0.597. The lowest BCUT2D eigenvalue weighted by molar-refractivity contribution is -0.151. The normalized spacial score (nSPS) is 16.3. The van der Waals surface area contributed by atoms with Crippen molar-refractivity contribution in [1.29, 1.82) is 0 Å². The molecular formula is C20H19ClN2O4. The molecule has 0 radical (unpaired) electrons. The number of aryl methyl sites for hydroxylation is 1. The molecule has 1 fully saturated rings. The zero-order valence-corrected chi connectivity index (χ0v) is 15.5. The van der Waals surface area contributed by atoms with E-state index < -0.39 is 24.4 Å². The van der Waals surface area contributed by atoms with E-state index >= 15 is 0 Å². The lowest BCUT2D eigenvalue weighted by Crippen LogP contribution is -2.28. The summed E-state index contributed by atoms with van der Waals surface area (Å²) in [5.41, 5.74) is 2.39. The first-order chi connectivity index (χ1) is 12.9. The monoisotopic (exact) mass is 386 g/mol. The Morgan fingerprint density at radius 3 is 2.48 bits per heavy atom. The Morgan fingerprint density at radius 1 is 1.15 bits per heavy atom. The predicted octanol–water partition coefficient (Wildman–Crippen LogP) is 3.18. The van der Waals surface area contributed by atoms with Crippen LogP contribution in [-0.2, 0) is 19.1 Å². The Balaban J connectivity index is 1.51. The van der Waals surface area contributed by atoms with Gasteiger partial charge in [-0.3, -0.25) is 14.4 Å². The molecule has 6 nitrogen and oxygen atoms in total. The number of carbonyl (C=O) groups excluding carboxylic acids is 3. The van der Waals surface area contributed by atoms with Crippen LogP contribution in [0.2, 0.25) is 5.02 Å². The SMILES string of the molecule is Cc1ccc(NC(=O)COC(=O)[C@@H]2CC(=O)N(c3ccc(Cl)cc3)C2)cc1. The Kier molecular flexibility index (Phi) is 5.76. The van der Waals surface area contributed by atoms with Crippen molar-refractivity contribution in [1.82, 2.24) is 0 Å². The van der Waals surface area contributed by atoms with Crippen LogP contribution in [0.1, 0.15) is 12.0 Å². The summed E-state index contributed by atoms with van der Waals surface area (Å²) in [6, 6.07) is 14.1. The lowest BCUT2D eigenvalue weighted by Gasteiger charge is -2.16. The summed E-state index contributed by atoms with van der Waals surface area (Å²) in [6.07, 6.45) is 0.0566. The van der Waals surface area contributed by atoms with Crippen molar-refractivity contribution in [2.24, 2.45) is 5.92 Å². The van der Waals surface area contributed by atoms with E-state index in [1.807, 2.05) is 19.1 Å². The van der Waals surface area contributed by atoms with Crippen LogP contribution >= 0.6 is 11.6 Å². The van der Waals surface area contributed by atoms with Crippen molar-refractivity contribution < 1.29 is 19.1 Å². The standard InChI is InChI=1S/C20H19ClN2O4/c1-13-2-6-16(7-3-13)22-18(24)12-27-20(26)14-10-19(25)23(11-14)17-8-4-15(21)5-9-17/h2-9,14H,10-12H2,1H3,(H,22,24)/t14-/m1/s1. The van der Waals surface area contributed by atoms with Gasteiger partial charge >= 0.3 is 5.97 Å². The maximum atomic E-state index is 12.2. The molecule has 0 aromatic heterocycles. The summed E-state index contributed by atoms with van der Waals surface area (Å²) in [7, 11) is 0. The maximum absolute atomic E-state index is 12.2. The minimum absolute atomic E-state index is 0.0566.